The van der Waals surface area contributed by atoms with Gasteiger partial charge in [-0.2, -0.15) is 0 Å². The van der Waals surface area contributed by atoms with Crippen molar-refractivity contribution < 1.29 is 14.4 Å². The van der Waals surface area contributed by atoms with E-state index in [1.807, 2.05) is 24.3 Å². The van der Waals surface area contributed by atoms with E-state index in [0.717, 1.165) is 10.0 Å². The zero-order chi connectivity index (χ0) is 15.9. The number of nitrogens with one attached hydrogen (secondary N) is 1. The molecule has 0 radical (unpaired) electrons. The molecule has 2 rings (SSSR count). The van der Waals surface area contributed by atoms with Gasteiger partial charge in [-0.05, 0) is 30.2 Å². The summed E-state index contributed by atoms with van der Waals surface area (Å²) in [6.07, 6.45) is 4.57. The van der Waals surface area contributed by atoms with Gasteiger partial charge in [-0.3, -0.25) is 19.3 Å². The molecule has 0 aliphatic carbocycles. The number of likely N-dealkylation sites (tertiary alicyclic amines) is 1. The van der Waals surface area contributed by atoms with E-state index in [1.54, 1.807) is 6.08 Å². The van der Waals surface area contributed by atoms with E-state index in [1.165, 1.54) is 11.0 Å². The summed E-state index contributed by atoms with van der Waals surface area (Å²) in [5, 5.41) is 2.67. The molecule has 3 amide bonds. The first-order valence-corrected chi connectivity index (χ1v) is 7.90. The van der Waals surface area contributed by atoms with Gasteiger partial charge in [0.1, 0.15) is 0 Å². The Labute approximate surface area is 137 Å². The Morgan fingerprint density at radius 2 is 2.00 bits per heavy atom. The van der Waals surface area contributed by atoms with Crippen LogP contribution in [0.1, 0.15) is 24.8 Å². The van der Waals surface area contributed by atoms with E-state index in [9.17, 15) is 14.4 Å². The summed E-state index contributed by atoms with van der Waals surface area (Å²) in [5.74, 6) is -0.567. The number of amides is 3. The third kappa shape index (κ3) is 4.80. The number of benzene rings is 1. The van der Waals surface area contributed by atoms with Crippen LogP contribution in [0.15, 0.2) is 34.8 Å². The van der Waals surface area contributed by atoms with E-state index >= 15 is 0 Å². The van der Waals surface area contributed by atoms with Gasteiger partial charge in [0.15, 0.2) is 0 Å². The van der Waals surface area contributed by atoms with Crippen molar-refractivity contribution in [2.45, 2.75) is 19.3 Å². The van der Waals surface area contributed by atoms with Gasteiger partial charge in [0.25, 0.3) is 0 Å². The second-order valence-electron chi connectivity index (χ2n) is 4.97. The SMILES string of the molecule is O=C(/C=C/c1cccc(Br)c1)NCCN1C(=O)CCCC1=O. The summed E-state index contributed by atoms with van der Waals surface area (Å²) in [5.41, 5.74) is 0.908. The lowest BCUT2D eigenvalue weighted by Gasteiger charge is -2.24. The van der Waals surface area contributed by atoms with Crippen molar-refractivity contribution >= 4 is 39.7 Å². The maximum atomic E-state index is 11.7. The minimum Gasteiger partial charge on any atom is -0.351 e. The Morgan fingerprint density at radius 3 is 2.68 bits per heavy atom. The molecule has 0 atom stereocenters. The van der Waals surface area contributed by atoms with E-state index < -0.39 is 0 Å². The van der Waals surface area contributed by atoms with Crippen molar-refractivity contribution in [1.29, 1.82) is 0 Å². The lowest BCUT2D eigenvalue weighted by Crippen LogP contribution is -2.44. The fraction of sp³-hybridized carbons (Fsp3) is 0.312. The van der Waals surface area contributed by atoms with Gasteiger partial charge in [0.05, 0.1) is 0 Å². The van der Waals surface area contributed by atoms with Crippen LogP contribution in [-0.2, 0) is 14.4 Å². The minimum absolute atomic E-state index is 0.157. The molecule has 22 heavy (non-hydrogen) atoms. The Bertz CT molecular complexity index is 597. The molecule has 1 N–H and O–H groups in total. The Morgan fingerprint density at radius 1 is 1.27 bits per heavy atom. The normalized spacial score (nSPS) is 15.4. The Kier molecular flexibility index (Phi) is 5.89. The number of carbonyl (C=O) groups excluding carboxylic acids is 3. The predicted octanol–water partition coefficient (Wildman–Crippen LogP) is 2.12. The van der Waals surface area contributed by atoms with Crippen LogP contribution >= 0.6 is 15.9 Å². The number of halogens is 1. The van der Waals surface area contributed by atoms with Crippen LogP contribution in [0.5, 0.6) is 0 Å². The second-order valence-corrected chi connectivity index (χ2v) is 5.89. The van der Waals surface area contributed by atoms with Crippen LogP contribution in [0.2, 0.25) is 0 Å². The van der Waals surface area contributed by atoms with E-state index in [2.05, 4.69) is 21.2 Å². The maximum Gasteiger partial charge on any atom is 0.244 e. The summed E-state index contributed by atoms with van der Waals surface area (Å²) in [4.78, 5) is 36.1. The topological polar surface area (TPSA) is 66.5 Å². The van der Waals surface area contributed by atoms with Gasteiger partial charge in [-0.15, -0.1) is 0 Å². The number of hydrogen-bond donors (Lipinski definition) is 1. The van der Waals surface area contributed by atoms with Crippen molar-refractivity contribution in [2.75, 3.05) is 13.1 Å². The lowest BCUT2D eigenvalue weighted by molar-refractivity contribution is -0.148. The van der Waals surface area contributed by atoms with Crippen LogP contribution in [0, 0.1) is 0 Å². The Balaban J connectivity index is 1.78. The van der Waals surface area contributed by atoms with Gasteiger partial charge < -0.3 is 5.32 Å². The van der Waals surface area contributed by atoms with Crippen molar-refractivity contribution in [3.8, 4) is 0 Å². The number of rotatable bonds is 5. The molecule has 0 unspecified atom stereocenters. The molecule has 1 aromatic carbocycles. The van der Waals surface area contributed by atoms with Gasteiger partial charge >= 0.3 is 0 Å². The van der Waals surface area contributed by atoms with Crippen molar-refractivity contribution in [3.05, 3.63) is 40.4 Å². The van der Waals surface area contributed by atoms with E-state index in [4.69, 9.17) is 0 Å². The largest absolute Gasteiger partial charge is 0.351 e. The molecule has 0 bridgehead atoms. The fourth-order valence-corrected chi connectivity index (χ4v) is 2.60. The standard InChI is InChI=1S/C16H17BrN2O3/c17-13-4-1-3-12(11-13)7-8-14(20)18-9-10-19-15(21)5-2-6-16(19)22/h1,3-4,7-8,11H,2,5-6,9-10H2,(H,18,20)/b8-7+. The molecule has 0 aromatic heterocycles. The highest BCUT2D eigenvalue weighted by Gasteiger charge is 2.25. The predicted molar refractivity (Wildman–Crippen MR) is 86.8 cm³/mol. The minimum atomic E-state index is -0.253. The maximum absolute atomic E-state index is 11.7. The molecular formula is C16H17BrN2O3. The number of imide groups is 1. The van der Waals surface area contributed by atoms with Crippen molar-refractivity contribution in [1.82, 2.24) is 10.2 Å². The third-order valence-electron chi connectivity index (χ3n) is 3.29. The summed E-state index contributed by atoms with van der Waals surface area (Å²) in [7, 11) is 0. The monoisotopic (exact) mass is 364 g/mol. The zero-order valence-electron chi connectivity index (χ0n) is 12.0. The molecule has 6 heteroatoms. The van der Waals surface area contributed by atoms with Crippen LogP contribution in [0.3, 0.4) is 0 Å². The molecule has 5 nitrogen and oxygen atoms in total. The first-order valence-electron chi connectivity index (χ1n) is 7.11. The fourth-order valence-electron chi connectivity index (χ4n) is 2.18. The summed E-state index contributed by atoms with van der Waals surface area (Å²) < 4.78 is 0.942. The number of hydrogen-bond acceptors (Lipinski definition) is 3. The number of nitrogens with zero attached hydrogens (tertiary/aromatic N) is 1. The summed E-state index contributed by atoms with van der Waals surface area (Å²) in [6, 6.07) is 7.58. The van der Waals surface area contributed by atoms with Gasteiger partial charge in [-0.25, -0.2) is 0 Å². The molecule has 0 saturated carbocycles. The third-order valence-corrected chi connectivity index (χ3v) is 3.79. The molecule has 1 aliphatic heterocycles. The highest BCUT2D eigenvalue weighted by molar-refractivity contribution is 9.10. The summed E-state index contributed by atoms with van der Waals surface area (Å²) in [6.45, 7) is 0.493. The van der Waals surface area contributed by atoms with Crippen molar-refractivity contribution in [3.63, 3.8) is 0 Å². The lowest BCUT2D eigenvalue weighted by atomic mass is 10.1. The first-order chi connectivity index (χ1) is 10.6. The second kappa shape index (κ2) is 7.89. The first kappa shape index (κ1) is 16.4. The van der Waals surface area contributed by atoms with Gasteiger partial charge in [-0.1, -0.05) is 28.1 Å². The van der Waals surface area contributed by atoms with Gasteiger partial charge in [0.2, 0.25) is 17.7 Å². The highest BCUT2D eigenvalue weighted by Crippen LogP contribution is 2.13. The molecule has 0 spiro atoms. The van der Waals surface area contributed by atoms with E-state index in [-0.39, 0.29) is 30.8 Å². The van der Waals surface area contributed by atoms with Crippen LogP contribution in [0.4, 0.5) is 0 Å². The molecular weight excluding hydrogens is 348 g/mol. The molecule has 1 aliphatic rings. The molecule has 1 heterocycles. The van der Waals surface area contributed by atoms with E-state index in [0.29, 0.717) is 19.3 Å². The van der Waals surface area contributed by atoms with Crippen LogP contribution in [-0.4, -0.2) is 35.7 Å². The average molecular weight is 365 g/mol. The van der Waals surface area contributed by atoms with Crippen LogP contribution < -0.4 is 5.32 Å². The number of piperidine rings is 1. The molecule has 116 valence electrons. The molecule has 1 saturated heterocycles. The number of carbonyl (C=O) groups is 3. The van der Waals surface area contributed by atoms with Gasteiger partial charge in [0, 0.05) is 36.5 Å². The molecule has 1 fully saturated rings. The zero-order valence-corrected chi connectivity index (χ0v) is 13.6. The Hall–Kier alpha value is -1.95. The highest BCUT2D eigenvalue weighted by atomic mass is 79.9. The summed E-state index contributed by atoms with van der Waals surface area (Å²) >= 11 is 3.36. The van der Waals surface area contributed by atoms with Crippen LogP contribution in [0.25, 0.3) is 6.08 Å². The smallest absolute Gasteiger partial charge is 0.244 e. The molecule has 1 aromatic rings. The quantitative estimate of drug-likeness (QED) is 0.642. The average Bonchev–Trinajstić information content (AvgIpc) is 2.48. The van der Waals surface area contributed by atoms with Crippen molar-refractivity contribution in [2.24, 2.45) is 0 Å².